The molecule has 0 saturated heterocycles. The molecule has 2 aromatic rings. The highest BCUT2D eigenvalue weighted by Gasteiger charge is 2.40. The number of rotatable bonds is 4. The number of aliphatic imine (C=N–C) groups is 1. The van der Waals surface area contributed by atoms with Crippen LogP contribution >= 0.6 is 0 Å². The van der Waals surface area contributed by atoms with Crippen molar-refractivity contribution in [2.75, 3.05) is 0 Å². The normalized spacial score (nSPS) is 18.7. The minimum absolute atomic E-state index is 0.0134. The Morgan fingerprint density at radius 2 is 1.91 bits per heavy atom. The van der Waals surface area contributed by atoms with Crippen LogP contribution in [0.4, 0.5) is 10.5 Å². The van der Waals surface area contributed by atoms with Crippen molar-refractivity contribution in [2.24, 2.45) is 4.99 Å². The van der Waals surface area contributed by atoms with Crippen molar-refractivity contribution in [1.82, 2.24) is 10.2 Å². The van der Waals surface area contributed by atoms with E-state index in [0.717, 1.165) is 5.56 Å². The number of carbonyl (C=O) groups is 2. The van der Waals surface area contributed by atoms with Crippen LogP contribution in [0.5, 0.6) is 0 Å². The molecule has 3 rings (SSSR count). The summed E-state index contributed by atoms with van der Waals surface area (Å²) in [5.74, 6) is -0.239. The summed E-state index contributed by atoms with van der Waals surface area (Å²) >= 11 is 0. The Hall–Kier alpha value is -3.75. The van der Waals surface area contributed by atoms with Gasteiger partial charge in [-0.2, -0.15) is 0 Å². The molecule has 2 amide bonds. The number of hydrogen-bond donors (Lipinski definition) is 1. The predicted octanol–water partition coefficient (Wildman–Crippen LogP) is 4.12. The average Bonchev–Trinajstić information content (AvgIpc) is 2.70. The van der Waals surface area contributed by atoms with E-state index in [2.05, 4.69) is 10.3 Å². The summed E-state index contributed by atoms with van der Waals surface area (Å²) in [4.78, 5) is 42.5. The summed E-state index contributed by atoms with van der Waals surface area (Å²) in [6.45, 7) is 7.11. The fourth-order valence-electron chi connectivity index (χ4n) is 3.38. The van der Waals surface area contributed by atoms with E-state index in [4.69, 9.17) is 4.74 Å². The molecule has 32 heavy (non-hydrogen) atoms. The lowest BCUT2D eigenvalue weighted by Gasteiger charge is -2.37. The topological polar surface area (TPSA) is 114 Å². The van der Waals surface area contributed by atoms with Gasteiger partial charge in [-0.25, -0.2) is 9.79 Å². The van der Waals surface area contributed by atoms with Crippen LogP contribution in [0, 0.1) is 10.1 Å². The minimum atomic E-state index is -1.10. The highest BCUT2D eigenvalue weighted by atomic mass is 16.6. The Morgan fingerprint density at radius 1 is 1.22 bits per heavy atom. The van der Waals surface area contributed by atoms with Crippen LogP contribution in [0.2, 0.25) is 0 Å². The van der Waals surface area contributed by atoms with Gasteiger partial charge < -0.3 is 4.74 Å². The molecule has 168 valence electrons. The second kappa shape index (κ2) is 8.78. The second-order valence-corrected chi connectivity index (χ2v) is 8.79. The quantitative estimate of drug-likeness (QED) is 0.570. The van der Waals surface area contributed by atoms with Crippen molar-refractivity contribution in [3.8, 4) is 0 Å². The number of carbonyl (C=O) groups excluding carboxylic acids is 2. The number of non-ortho nitro benzene ring substituents is 1. The zero-order valence-electron chi connectivity index (χ0n) is 18.5. The van der Waals surface area contributed by atoms with Crippen LogP contribution in [0.25, 0.3) is 0 Å². The molecule has 1 atom stereocenters. The maximum Gasteiger partial charge on any atom is 0.414 e. The third kappa shape index (κ3) is 5.48. The standard InChI is InChI=1S/C23H26N4O5/c1-22(2,3)32-21(29)24-20-25-23(4,17-11-8-12-18(13-17)27(30)31)14-19(28)26(20)15-16-9-6-5-7-10-16/h5-13H,14-15H2,1-4H3,(H,24,25,29)/t23-/m0/s1. The molecular formula is C23H26N4O5. The molecule has 9 nitrogen and oxygen atoms in total. The molecule has 9 heteroatoms. The molecule has 1 heterocycles. The second-order valence-electron chi connectivity index (χ2n) is 8.79. The van der Waals surface area contributed by atoms with Gasteiger partial charge in [0, 0.05) is 12.1 Å². The van der Waals surface area contributed by atoms with Gasteiger partial charge in [0.15, 0.2) is 0 Å². The van der Waals surface area contributed by atoms with Crippen molar-refractivity contribution in [2.45, 2.75) is 51.8 Å². The molecular weight excluding hydrogens is 412 g/mol. The molecule has 1 aliphatic heterocycles. The molecule has 0 aromatic heterocycles. The van der Waals surface area contributed by atoms with Crippen LogP contribution < -0.4 is 5.32 Å². The molecule has 1 N–H and O–H groups in total. The van der Waals surface area contributed by atoms with Crippen LogP contribution in [-0.4, -0.2) is 33.4 Å². The van der Waals surface area contributed by atoms with Crippen LogP contribution in [0.3, 0.4) is 0 Å². The van der Waals surface area contributed by atoms with Gasteiger partial charge in [-0.3, -0.25) is 25.1 Å². The van der Waals surface area contributed by atoms with Gasteiger partial charge in [0.25, 0.3) is 5.69 Å². The van der Waals surface area contributed by atoms with Crippen LogP contribution in [-0.2, 0) is 21.6 Å². The number of ether oxygens (including phenoxy) is 1. The molecule has 0 fully saturated rings. The third-order valence-electron chi connectivity index (χ3n) is 4.88. The van der Waals surface area contributed by atoms with Crippen LogP contribution in [0.15, 0.2) is 59.6 Å². The van der Waals surface area contributed by atoms with E-state index in [1.54, 1.807) is 39.8 Å². The van der Waals surface area contributed by atoms with E-state index in [9.17, 15) is 19.7 Å². The maximum atomic E-state index is 13.2. The first-order valence-corrected chi connectivity index (χ1v) is 10.2. The molecule has 0 aliphatic carbocycles. The van der Waals surface area contributed by atoms with E-state index < -0.39 is 22.2 Å². The predicted molar refractivity (Wildman–Crippen MR) is 119 cm³/mol. The number of nitrogens with zero attached hydrogens (tertiary/aromatic N) is 3. The zero-order valence-corrected chi connectivity index (χ0v) is 18.5. The number of amides is 2. The van der Waals surface area contributed by atoms with E-state index >= 15 is 0 Å². The van der Waals surface area contributed by atoms with E-state index in [1.807, 2.05) is 30.3 Å². The Balaban J connectivity index is 2.01. The number of nitro groups is 1. The number of nitro benzene ring substituents is 1. The largest absolute Gasteiger partial charge is 0.444 e. The smallest absolute Gasteiger partial charge is 0.414 e. The molecule has 0 unspecified atom stereocenters. The summed E-state index contributed by atoms with van der Waals surface area (Å²) in [5, 5.41) is 13.8. The molecule has 0 bridgehead atoms. The number of alkyl carbamates (subject to hydrolysis) is 1. The van der Waals surface area contributed by atoms with Gasteiger partial charge in [-0.15, -0.1) is 0 Å². The Morgan fingerprint density at radius 3 is 2.53 bits per heavy atom. The van der Waals surface area contributed by atoms with Crippen molar-refractivity contribution in [3.63, 3.8) is 0 Å². The number of guanidine groups is 1. The van der Waals surface area contributed by atoms with Crippen molar-refractivity contribution >= 4 is 23.6 Å². The number of nitrogens with one attached hydrogen (secondary N) is 1. The van der Waals surface area contributed by atoms with E-state index in [1.165, 1.54) is 17.0 Å². The molecule has 2 aromatic carbocycles. The molecule has 1 aliphatic rings. The van der Waals surface area contributed by atoms with Gasteiger partial charge in [0.1, 0.15) is 5.60 Å². The molecule has 0 spiro atoms. The van der Waals surface area contributed by atoms with Crippen molar-refractivity contribution in [1.29, 1.82) is 0 Å². The lowest BCUT2D eigenvalue weighted by Crippen LogP contribution is -2.53. The van der Waals surface area contributed by atoms with Gasteiger partial charge in [-0.1, -0.05) is 42.5 Å². The zero-order chi connectivity index (χ0) is 23.5. The minimum Gasteiger partial charge on any atom is -0.444 e. The Kier molecular flexibility index (Phi) is 6.29. The fourth-order valence-corrected chi connectivity index (χ4v) is 3.38. The number of benzene rings is 2. The fraction of sp³-hybridized carbons (Fsp3) is 0.348. The summed E-state index contributed by atoms with van der Waals surface area (Å²) < 4.78 is 5.34. The van der Waals surface area contributed by atoms with Gasteiger partial charge in [0.05, 0.1) is 23.4 Å². The monoisotopic (exact) mass is 438 g/mol. The lowest BCUT2D eigenvalue weighted by molar-refractivity contribution is -0.385. The SMILES string of the molecule is CC(C)(C)OC(=O)NC1=N[C@](C)(c2cccc([N+](=O)[O-])c2)CC(=O)N1Cc1ccccc1. The third-order valence-corrected chi connectivity index (χ3v) is 4.88. The Bertz CT molecular complexity index is 1060. The van der Waals surface area contributed by atoms with Gasteiger partial charge in [0.2, 0.25) is 11.9 Å². The maximum absolute atomic E-state index is 13.2. The first kappa shape index (κ1) is 22.9. The van der Waals surface area contributed by atoms with Crippen molar-refractivity contribution < 1.29 is 19.2 Å². The Labute approximate surface area is 186 Å². The summed E-state index contributed by atoms with van der Waals surface area (Å²) in [5.41, 5.74) is -0.571. The highest BCUT2D eigenvalue weighted by molar-refractivity contribution is 6.05. The summed E-state index contributed by atoms with van der Waals surface area (Å²) in [6.07, 6.45) is -0.758. The number of hydrogen-bond acceptors (Lipinski definition) is 6. The van der Waals surface area contributed by atoms with Crippen molar-refractivity contribution in [3.05, 3.63) is 75.8 Å². The first-order valence-electron chi connectivity index (χ1n) is 10.2. The van der Waals surface area contributed by atoms with Crippen LogP contribution in [0.1, 0.15) is 45.2 Å². The highest BCUT2D eigenvalue weighted by Crippen LogP contribution is 2.35. The average molecular weight is 438 g/mol. The van der Waals surface area contributed by atoms with E-state index in [-0.39, 0.29) is 30.5 Å². The molecule has 0 radical (unpaired) electrons. The van der Waals surface area contributed by atoms with Gasteiger partial charge >= 0.3 is 6.09 Å². The summed E-state index contributed by atoms with van der Waals surface area (Å²) in [6, 6.07) is 15.3. The van der Waals surface area contributed by atoms with E-state index in [0.29, 0.717) is 5.56 Å². The first-order chi connectivity index (χ1) is 15.0. The summed E-state index contributed by atoms with van der Waals surface area (Å²) in [7, 11) is 0. The van der Waals surface area contributed by atoms with Gasteiger partial charge in [-0.05, 0) is 38.8 Å². The lowest BCUT2D eigenvalue weighted by atomic mass is 9.87. The molecule has 0 saturated carbocycles.